The Hall–Kier alpha value is -1.13. The quantitative estimate of drug-likeness (QED) is 0.705. The van der Waals surface area contributed by atoms with E-state index in [1.807, 2.05) is 6.07 Å². The molecule has 0 spiro atoms. The SMILES string of the molecule is CCc1cc(CNC(C)C)cc(OCCCN(C)C)n1. The molecule has 0 atom stereocenters. The molecule has 0 saturated carbocycles. The van der Waals surface area contributed by atoms with Gasteiger partial charge in [-0.2, -0.15) is 0 Å². The molecule has 0 amide bonds. The zero-order valence-corrected chi connectivity index (χ0v) is 13.6. The van der Waals surface area contributed by atoms with Crippen LogP contribution >= 0.6 is 0 Å². The molecule has 1 aromatic rings. The molecule has 0 bridgehead atoms. The third-order valence-electron chi connectivity index (χ3n) is 2.99. The van der Waals surface area contributed by atoms with Crippen LogP contribution in [0, 0.1) is 0 Å². The summed E-state index contributed by atoms with van der Waals surface area (Å²) in [6.45, 7) is 9.05. The molecule has 0 aliphatic carbocycles. The van der Waals surface area contributed by atoms with Gasteiger partial charge in [0.2, 0.25) is 5.88 Å². The molecular formula is C16H29N3O. The average molecular weight is 279 g/mol. The molecule has 4 heteroatoms. The van der Waals surface area contributed by atoms with Crippen molar-refractivity contribution in [2.75, 3.05) is 27.2 Å². The number of pyridine rings is 1. The van der Waals surface area contributed by atoms with E-state index in [0.29, 0.717) is 6.04 Å². The molecular weight excluding hydrogens is 250 g/mol. The molecule has 114 valence electrons. The van der Waals surface area contributed by atoms with Crippen LogP contribution in [0.5, 0.6) is 5.88 Å². The molecule has 0 aromatic carbocycles. The summed E-state index contributed by atoms with van der Waals surface area (Å²) in [4.78, 5) is 6.70. The highest BCUT2D eigenvalue weighted by atomic mass is 16.5. The maximum atomic E-state index is 5.78. The average Bonchev–Trinajstić information content (AvgIpc) is 2.41. The molecule has 1 rings (SSSR count). The second-order valence-corrected chi connectivity index (χ2v) is 5.70. The van der Waals surface area contributed by atoms with Crippen molar-refractivity contribution in [1.82, 2.24) is 15.2 Å². The fourth-order valence-electron chi connectivity index (χ4n) is 1.86. The van der Waals surface area contributed by atoms with Crippen molar-refractivity contribution in [3.8, 4) is 5.88 Å². The largest absolute Gasteiger partial charge is 0.478 e. The second kappa shape index (κ2) is 8.93. The Morgan fingerprint density at radius 3 is 2.65 bits per heavy atom. The molecule has 0 aliphatic rings. The molecule has 1 heterocycles. The number of hydrogen-bond acceptors (Lipinski definition) is 4. The van der Waals surface area contributed by atoms with E-state index in [2.05, 4.69) is 56.1 Å². The summed E-state index contributed by atoms with van der Waals surface area (Å²) in [5.41, 5.74) is 2.34. The fourth-order valence-corrected chi connectivity index (χ4v) is 1.86. The lowest BCUT2D eigenvalue weighted by molar-refractivity contribution is 0.272. The van der Waals surface area contributed by atoms with Gasteiger partial charge < -0.3 is 15.0 Å². The van der Waals surface area contributed by atoms with Crippen LogP contribution in [0.4, 0.5) is 0 Å². The Kier molecular flexibility index (Phi) is 7.55. The maximum absolute atomic E-state index is 5.78. The number of nitrogens with zero attached hydrogens (tertiary/aromatic N) is 2. The molecule has 20 heavy (non-hydrogen) atoms. The summed E-state index contributed by atoms with van der Waals surface area (Å²) in [6, 6.07) is 4.68. The fraction of sp³-hybridized carbons (Fsp3) is 0.688. The minimum atomic E-state index is 0.484. The van der Waals surface area contributed by atoms with Gasteiger partial charge in [0.05, 0.1) is 6.61 Å². The zero-order valence-electron chi connectivity index (χ0n) is 13.6. The summed E-state index contributed by atoms with van der Waals surface area (Å²) in [6.07, 6.45) is 1.95. The Balaban J connectivity index is 2.57. The van der Waals surface area contributed by atoms with Crippen molar-refractivity contribution in [2.45, 2.75) is 46.2 Å². The smallest absolute Gasteiger partial charge is 0.213 e. The van der Waals surface area contributed by atoms with E-state index in [1.54, 1.807) is 0 Å². The summed E-state index contributed by atoms with van der Waals surface area (Å²) in [5, 5.41) is 3.43. The van der Waals surface area contributed by atoms with Crippen LogP contribution in [0.2, 0.25) is 0 Å². The minimum Gasteiger partial charge on any atom is -0.478 e. The van der Waals surface area contributed by atoms with Gasteiger partial charge in [0.25, 0.3) is 0 Å². The predicted molar refractivity (Wildman–Crippen MR) is 84.3 cm³/mol. The van der Waals surface area contributed by atoms with Crippen molar-refractivity contribution in [2.24, 2.45) is 0 Å². The lowest BCUT2D eigenvalue weighted by Crippen LogP contribution is -2.22. The third kappa shape index (κ3) is 6.87. The van der Waals surface area contributed by atoms with Crippen molar-refractivity contribution in [3.63, 3.8) is 0 Å². The first-order valence-electron chi connectivity index (χ1n) is 7.52. The van der Waals surface area contributed by atoms with Gasteiger partial charge in [-0.05, 0) is 38.6 Å². The van der Waals surface area contributed by atoms with E-state index in [9.17, 15) is 0 Å². The van der Waals surface area contributed by atoms with Crippen LogP contribution in [-0.4, -0.2) is 43.2 Å². The molecule has 0 aliphatic heterocycles. The van der Waals surface area contributed by atoms with Gasteiger partial charge in [-0.3, -0.25) is 0 Å². The topological polar surface area (TPSA) is 37.4 Å². The molecule has 0 radical (unpaired) electrons. The van der Waals surface area contributed by atoms with Gasteiger partial charge in [-0.15, -0.1) is 0 Å². The van der Waals surface area contributed by atoms with Crippen LogP contribution in [0.25, 0.3) is 0 Å². The first kappa shape index (κ1) is 16.9. The van der Waals surface area contributed by atoms with E-state index in [0.717, 1.165) is 44.1 Å². The summed E-state index contributed by atoms with van der Waals surface area (Å²) < 4.78 is 5.78. The number of nitrogens with one attached hydrogen (secondary N) is 1. The predicted octanol–water partition coefficient (Wildman–Crippen LogP) is 2.47. The normalized spacial score (nSPS) is 11.3. The van der Waals surface area contributed by atoms with Gasteiger partial charge >= 0.3 is 0 Å². The van der Waals surface area contributed by atoms with Gasteiger partial charge in [-0.1, -0.05) is 20.8 Å². The lowest BCUT2D eigenvalue weighted by atomic mass is 10.2. The Morgan fingerprint density at radius 1 is 1.30 bits per heavy atom. The second-order valence-electron chi connectivity index (χ2n) is 5.70. The minimum absolute atomic E-state index is 0.484. The van der Waals surface area contributed by atoms with Crippen molar-refractivity contribution in [3.05, 3.63) is 23.4 Å². The Labute approximate surface area is 123 Å². The van der Waals surface area contributed by atoms with Crippen LogP contribution < -0.4 is 10.1 Å². The van der Waals surface area contributed by atoms with Crippen molar-refractivity contribution >= 4 is 0 Å². The summed E-state index contributed by atoms with van der Waals surface area (Å²) in [5.74, 6) is 0.753. The van der Waals surface area contributed by atoms with Gasteiger partial charge in [0.15, 0.2) is 0 Å². The zero-order chi connectivity index (χ0) is 15.0. The van der Waals surface area contributed by atoms with Gasteiger partial charge in [-0.25, -0.2) is 4.98 Å². The molecule has 0 saturated heterocycles. The van der Waals surface area contributed by atoms with Crippen molar-refractivity contribution < 1.29 is 4.74 Å². The van der Waals surface area contributed by atoms with Gasteiger partial charge in [0.1, 0.15) is 0 Å². The van der Waals surface area contributed by atoms with Crippen molar-refractivity contribution in [1.29, 1.82) is 0 Å². The monoisotopic (exact) mass is 279 g/mol. The number of aryl methyl sites for hydroxylation is 1. The molecule has 0 fully saturated rings. The maximum Gasteiger partial charge on any atom is 0.213 e. The lowest BCUT2D eigenvalue weighted by Gasteiger charge is -2.13. The molecule has 4 nitrogen and oxygen atoms in total. The highest BCUT2D eigenvalue weighted by Crippen LogP contribution is 2.14. The Morgan fingerprint density at radius 2 is 2.05 bits per heavy atom. The molecule has 0 unspecified atom stereocenters. The van der Waals surface area contributed by atoms with Crippen LogP contribution in [0.1, 0.15) is 38.4 Å². The van der Waals surface area contributed by atoms with Crippen LogP contribution in [-0.2, 0) is 13.0 Å². The molecule has 1 aromatic heterocycles. The standard InChI is InChI=1S/C16H29N3O/c1-6-15-10-14(12-17-13(2)3)11-16(18-15)20-9-7-8-19(4)5/h10-11,13,17H,6-9,12H2,1-5H3. The van der Waals surface area contributed by atoms with E-state index >= 15 is 0 Å². The molecule has 1 N–H and O–H groups in total. The number of hydrogen-bond donors (Lipinski definition) is 1. The summed E-state index contributed by atoms with van der Waals surface area (Å²) in [7, 11) is 4.15. The van der Waals surface area contributed by atoms with E-state index in [-0.39, 0.29) is 0 Å². The number of aromatic nitrogens is 1. The van der Waals surface area contributed by atoms with E-state index < -0.39 is 0 Å². The van der Waals surface area contributed by atoms with E-state index in [4.69, 9.17) is 4.74 Å². The van der Waals surface area contributed by atoms with Crippen LogP contribution in [0.15, 0.2) is 12.1 Å². The number of rotatable bonds is 9. The van der Waals surface area contributed by atoms with E-state index in [1.165, 1.54) is 5.56 Å². The highest BCUT2D eigenvalue weighted by Gasteiger charge is 2.04. The number of ether oxygens (including phenoxy) is 1. The first-order chi connectivity index (χ1) is 9.51. The first-order valence-corrected chi connectivity index (χ1v) is 7.52. The van der Waals surface area contributed by atoms with Gasteiger partial charge in [0, 0.05) is 30.9 Å². The highest BCUT2D eigenvalue weighted by molar-refractivity contribution is 5.25. The third-order valence-corrected chi connectivity index (χ3v) is 2.99. The summed E-state index contributed by atoms with van der Waals surface area (Å²) >= 11 is 0. The Bertz CT molecular complexity index is 391. The van der Waals surface area contributed by atoms with Crippen LogP contribution in [0.3, 0.4) is 0 Å².